The Morgan fingerprint density at radius 3 is 2.76 bits per heavy atom. The summed E-state index contributed by atoms with van der Waals surface area (Å²) in [4.78, 5) is 12.0. The van der Waals surface area contributed by atoms with Gasteiger partial charge in [0.1, 0.15) is 11.4 Å². The molecule has 0 radical (unpaired) electrons. The Morgan fingerprint density at radius 2 is 2.12 bits per heavy atom. The molecule has 1 saturated carbocycles. The van der Waals surface area contributed by atoms with Gasteiger partial charge in [-0.3, -0.25) is 9.48 Å². The number of hydrogen-bond donors (Lipinski definition) is 1. The number of nitrogens with zero attached hydrogens (tertiary/aromatic N) is 3. The summed E-state index contributed by atoms with van der Waals surface area (Å²) in [5, 5.41) is 7.14. The number of hydrogen-bond acceptors (Lipinski definition) is 2. The molecule has 2 heterocycles. The van der Waals surface area contributed by atoms with Crippen molar-refractivity contribution in [1.29, 1.82) is 0 Å². The molecule has 1 N–H and O–H groups in total. The van der Waals surface area contributed by atoms with E-state index in [-0.39, 0.29) is 5.91 Å². The predicted molar refractivity (Wildman–Crippen MR) is 63.0 cm³/mol. The molecular weight excluding hydrogens is 216 g/mol. The molecule has 17 heavy (non-hydrogen) atoms. The van der Waals surface area contributed by atoms with E-state index in [2.05, 4.69) is 10.4 Å². The third-order valence-electron chi connectivity index (χ3n) is 2.91. The third-order valence-corrected chi connectivity index (χ3v) is 2.91. The fourth-order valence-corrected chi connectivity index (χ4v) is 1.86. The second kappa shape index (κ2) is 3.76. The van der Waals surface area contributed by atoms with Crippen LogP contribution in [-0.4, -0.2) is 26.3 Å². The van der Waals surface area contributed by atoms with E-state index in [0.29, 0.717) is 11.6 Å². The zero-order valence-corrected chi connectivity index (χ0v) is 9.63. The highest BCUT2D eigenvalue weighted by Crippen LogP contribution is 2.21. The first-order chi connectivity index (χ1) is 8.25. The van der Waals surface area contributed by atoms with Crippen LogP contribution in [0, 0.1) is 0 Å². The molecular formula is C12H14N4O. The van der Waals surface area contributed by atoms with Gasteiger partial charge in [0.25, 0.3) is 5.91 Å². The lowest BCUT2D eigenvalue weighted by Gasteiger charge is -2.07. The smallest absolute Gasteiger partial charge is 0.256 e. The van der Waals surface area contributed by atoms with Crippen molar-refractivity contribution in [2.75, 3.05) is 0 Å². The van der Waals surface area contributed by atoms with Gasteiger partial charge in [-0.15, -0.1) is 0 Å². The molecule has 0 spiro atoms. The number of carbonyl (C=O) groups excluding carboxylic acids is 1. The Morgan fingerprint density at radius 1 is 1.41 bits per heavy atom. The molecule has 1 aliphatic carbocycles. The summed E-state index contributed by atoms with van der Waals surface area (Å²) in [5.74, 6) is 0.762. The maximum absolute atomic E-state index is 12.0. The highest BCUT2D eigenvalue weighted by atomic mass is 16.1. The van der Waals surface area contributed by atoms with E-state index in [1.54, 1.807) is 10.9 Å². The van der Waals surface area contributed by atoms with Crippen molar-refractivity contribution in [3.63, 3.8) is 0 Å². The van der Waals surface area contributed by atoms with Gasteiger partial charge in [-0.1, -0.05) is 0 Å². The standard InChI is InChI=1S/C12H14N4O/c1-15-12(16-6-2-3-7-16)10(8-13-15)11(17)14-9-4-5-9/h2-3,6-9H,4-5H2,1H3,(H,14,17). The molecule has 0 saturated heterocycles. The second-order valence-corrected chi connectivity index (χ2v) is 4.34. The molecule has 0 unspecified atom stereocenters. The van der Waals surface area contributed by atoms with Crippen molar-refractivity contribution in [3.05, 3.63) is 36.3 Å². The lowest BCUT2D eigenvalue weighted by atomic mass is 10.3. The first kappa shape index (κ1) is 10.1. The monoisotopic (exact) mass is 230 g/mol. The van der Waals surface area contributed by atoms with Crippen molar-refractivity contribution in [3.8, 4) is 5.82 Å². The van der Waals surface area contributed by atoms with Crippen LogP contribution >= 0.6 is 0 Å². The van der Waals surface area contributed by atoms with Crippen LogP contribution in [0.5, 0.6) is 0 Å². The van der Waals surface area contributed by atoms with Crippen LogP contribution in [-0.2, 0) is 7.05 Å². The Labute approximate surface area is 99.0 Å². The Bertz CT molecular complexity index is 537. The number of aryl methyl sites for hydroxylation is 1. The topological polar surface area (TPSA) is 51.9 Å². The average molecular weight is 230 g/mol. The summed E-state index contributed by atoms with van der Waals surface area (Å²) < 4.78 is 3.61. The molecule has 0 atom stereocenters. The number of aromatic nitrogens is 3. The summed E-state index contributed by atoms with van der Waals surface area (Å²) in [6.07, 6.45) is 7.61. The summed E-state index contributed by atoms with van der Waals surface area (Å²) in [6.45, 7) is 0. The Hall–Kier alpha value is -2.04. The van der Waals surface area contributed by atoms with Gasteiger partial charge < -0.3 is 9.88 Å². The fourth-order valence-electron chi connectivity index (χ4n) is 1.86. The van der Waals surface area contributed by atoms with E-state index in [9.17, 15) is 4.79 Å². The van der Waals surface area contributed by atoms with E-state index in [1.165, 1.54) is 0 Å². The number of rotatable bonds is 3. The lowest BCUT2D eigenvalue weighted by Crippen LogP contribution is -2.26. The van der Waals surface area contributed by atoms with Gasteiger partial charge in [-0.05, 0) is 25.0 Å². The molecule has 1 amide bonds. The minimum absolute atomic E-state index is 0.0377. The van der Waals surface area contributed by atoms with Gasteiger partial charge >= 0.3 is 0 Å². The van der Waals surface area contributed by atoms with Gasteiger partial charge in [0.05, 0.1) is 6.20 Å². The molecule has 5 heteroatoms. The van der Waals surface area contributed by atoms with Crippen LogP contribution in [0.4, 0.5) is 0 Å². The van der Waals surface area contributed by atoms with Gasteiger partial charge in [0.15, 0.2) is 0 Å². The summed E-state index contributed by atoms with van der Waals surface area (Å²) in [6, 6.07) is 4.21. The fraction of sp³-hybridized carbons (Fsp3) is 0.333. The zero-order valence-electron chi connectivity index (χ0n) is 9.63. The second-order valence-electron chi connectivity index (χ2n) is 4.34. The van der Waals surface area contributed by atoms with Gasteiger partial charge in [-0.2, -0.15) is 5.10 Å². The SMILES string of the molecule is Cn1ncc(C(=O)NC2CC2)c1-n1cccc1. The Kier molecular flexibility index (Phi) is 2.24. The summed E-state index contributed by atoms with van der Waals surface area (Å²) in [7, 11) is 1.84. The van der Waals surface area contributed by atoms with E-state index >= 15 is 0 Å². The van der Waals surface area contributed by atoms with Crippen molar-refractivity contribution >= 4 is 5.91 Å². The number of carbonyl (C=O) groups is 1. The van der Waals surface area contributed by atoms with E-state index < -0.39 is 0 Å². The third kappa shape index (κ3) is 1.84. The predicted octanol–water partition coefficient (Wildman–Crippen LogP) is 1.10. The van der Waals surface area contributed by atoms with Gasteiger partial charge in [-0.25, -0.2) is 0 Å². The van der Waals surface area contributed by atoms with Crippen molar-refractivity contribution in [1.82, 2.24) is 19.7 Å². The first-order valence-electron chi connectivity index (χ1n) is 5.72. The molecule has 1 fully saturated rings. The van der Waals surface area contributed by atoms with E-state index in [0.717, 1.165) is 18.7 Å². The first-order valence-corrected chi connectivity index (χ1v) is 5.72. The molecule has 3 rings (SSSR count). The number of amides is 1. The average Bonchev–Trinajstić information content (AvgIpc) is 2.81. The van der Waals surface area contributed by atoms with Crippen molar-refractivity contribution < 1.29 is 4.79 Å². The summed E-state index contributed by atoms with van der Waals surface area (Å²) >= 11 is 0. The minimum Gasteiger partial charge on any atom is -0.349 e. The molecule has 0 aromatic carbocycles. The Balaban J connectivity index is 1.96. The maximum atomic E-state index is 12.0. The van der Waals surface area contributed by atoms with Crippen molar-refractivity contribution in [2.24, 2.45) is 7.05 Å². The van der Waals surface area contributed by atoms with E-state index in [1.807, 2.05) is 36.1 Å². The number of nitrogens with one attached hydrogen (secondary N) is 1. The lowest BCUT2D eigenvalue weighted by molar-refractivity contribution is 0.0951. The quantitative estimate of drug-likeness (QED) is 0.858. The zero-order chi connectivity index (χ0) is 11.8. The molecule has 88 valence electrons. The minimum atomic E-state index is -0.0377. The molecule has 0 bridgehead atoms. The molecule has 0 aliphatic heterocycles. The van der Waals surface area contributed by atoms with E-state index in [4.69, 9.17) is 0 Å². The van der Waals surface area contributed by atoms with Crippen LogP contribution in [0.25, 0.3) is 5.82 Å². The highest BCUT2D eigenvalue weighted by molar-refractivity contribution is 5.97. The van der Waals surface area contributed by atoms with Gasteiger partial charge in [0.2, 0.25) is 0 Å². The largest absolute Gasteiger partial charge is 0.349 e. The van der Waals surface area contributed by atoms with Crippen LogP contribution < -0.4 is 5.32 Å². The van der Waals surface area contributed by atoms with Crippen LogP contribution in [0.2, 0.25) is 0 Å². The maximum Gasteiger partial charge on any atom is 0.256 e. The summed E-state index contributed by atoms with van der Waals surface area (Å²) in [5.41, 5.74) is 0.621. The molecule has 2 aromatic heterocycles. The molecule has 1 aliphatic rings. The molecule has 2 aromatic rings. The van der Waals surface area contributed by atoms with Crippen LogP contribution in [0.3, 0.4) is 0 Å². The van der Waals surface area contributed by atoms with Crippen LogP contribution in [0.1, 0.15) is 23.2 Å². The molecule has 5 nitrogen and oxygen atoms in total. The van der Waals surface area contributed by atoms with Gasteiger partial charge in [0, 0.05) is 25.5 Å². The highest BCUT2D eigenvalue weighted by Gasteiger charge is 2.26. The van der Waals surface area contributed by atoms with Crippen LogP contribution in [0.15, 0.2) is 30.7 Å². The normalized spacial score (nSPS) is 14.9. The van der Waals surface area contributed by atoms with Crippen molar-refractivity contribution in [2.45, 2.75) is 18.9 Å².